The van der Waals surface area contributed by atoms with E-state index in [0.29, 0.717) is 11.7 Å². The third-order valence-corrected chi connectivity index (χ3v) is 16.3. The Morgan fingerprint density at radius 1 is 0.818 bits per heavy atom. The number of rotatable bonds is 5. The first-order chi connectivity index (χ1) is 26.3. The van der Waals surface area contributed by atoms with Gasteiger partial charge in [0, 0.05) is 32.8 Å². The van der Waals surface area contributed by atoms with Crippen LogP contribution >= 0.6 is 11.8 Å². The molecule has 2 unspecified atom stereocenters. The van der Waals surface area contributed by atoms with Crippen LogP contribution in [0.3, 0.4) is 0 Å². The van der Waals surface area contributed by atoms with E-state index >= 15 is 0 Å². The van der Waals surface area contributed by atoms with Gasteiger partial charge in [0.1, 0.15) is 20.3 Å². The zero-order valence-electron chi connectivity index (χ0n) is 30.8. The molecule has 1 radical (unpaired) electrons. The van der Waals surface area contributed by atoms with Crippen LogP contribution < -0.4 is 10.4 Å². The molecule has 0 fully saturated rings. The second-order valence-corrected chi connectivity index (χ2v) is 19.4. The number of hydrogen-bond donors (Lipinski definition) is 0. The van der Waals surface area contributed by atoms with Gasteiger partial charge in [0.25, 0.3) is 0 Å². The van der Waals surface area contributed by atoms with Gasteiger partial charge in [0.15, 0.2) is 5.78 Å². The van der Waals surface area contributed by atoms with Crippen molar-refractivity contribution in [3.8, 4) is 5.88 Å². The summed E-state index contributed by atoms with van der Waals surface area (Å²) in [4.78, 5) is 6.70. The Hall–Kier alpha value is -5.01. The fraction of sp³-hybridized carbons (Fsp3) is 0.170. The van der Waals surface area contributed by atoms with Crippen molar-refractivity contribution in [3.05, 3.63) is 173 Å². The summed E-state index contributed by atoms with van der Waals surface area (Å²) in [5.74, 6) is 3.16. The van der Waals surface area contributed by atoms with Crippen LogP contribution in [-0.2, 0) is 34.0 Å². The third kappa shape index (κ3) is 4.87. The number of benzene rings is 4. The molecule has 1 aliphatic carbocycles. The topological polar surface area (TPSA) is 49.0 Å². The molecule has 0 N–H and O–H groups in total. The second-order valence-electron chi connectivity index (χ2n) is 15.4. The van der Waals surface area contributed by atoms with Gasteiger partial charge in [-0.05, 0) is 49.2 Å². The fourth-order valence-electron chi connectivity index (χ4n) is 9.37. The second kappa shape index (κ2) is 12.5. The van der Waals surface area contributed by atoms with Crippen LogP contribution in [0.4, 0.5) is 0 Å². The quantitative estimate of drug-likeness (QED) is 0.129. The molecule has 8 heteroatoms. The summed E-state index contributed by atoms with van der Waals surface area (Å²) in [6.07, 6.45) is 4.16. The van der Waals surface area contributed by atoms with E-state index in [2.05, 4.69) is 163 Å². The fourth-order valence-corrected chi connectivity index (χ4v) is 14.1. The van der Waals surface area contributed by atoms with Gasteiger partial charge in [-0.3, -0.25) is 4.57 Å². The number of pyridine rings is 1. The van der Waals surface area contributed by atoms with Crippen LogP contribution in [0, 0.1) is 12.1 Å². The molecule has 0 spiro atoms. The van der Waals surface area contributed by atoms with Crippen LogP contribution in [0.5, 0.6) is 0 Å². The van der Waals surface area contributed by atoms with E-state index in [1.54, 1.807) is 0 Å². The van der Waals surface area contributed by atoms with E-state index in [-0.39, 0.29) is 22.4 Å². The van der Waals surface area contributed by atoms with Crippen LogP contribution in [0.2, 0.25) is 0 Å². The van der Waals surface area contributed by atoms with Gasteiger partial charge >= 0.3 is 16.5 Å². The van der Waals surface area contributed by atoms with Gasteiger partial charge in [-0.15, -0.1) is 35.6 Å². The van der Waals surface area contributed by atoms with E-state index in [9.17, 15) is 0 Å². The van der Waals surface area contributed by atoms with Gasteiger partial charge in [-0.2, -0.15) is 5.56 Å². The minimum absolute atomic E-state index is 0. The Kier molecular flexibility index (Phi) is 7.84. The maximum atomic E-state index is 7.01. The first-order valence-corrected chi connectivity index (χ1v) is 21.0. The number of aromatic nitrogens is 3. The smallest absolute Gasteiger partial charge is 0.500 e. The molecule has 11 rings (SSSR count). The maximum absolute atomic E-state index is 7.01. The average molecular weight is 794 g/mol. The largest absolute Gasteiger partial charge is 2.00 e. The minimum Gasteiger partial charge on any atom is -0.500 e. The molecule has 2 atom stereocenters. The predicted octanol–water partition coefficient (Wildman–Crippen LogP) is 9.49. The molecule has 0 amide bonds. The summed E-state index contributed by atoms with van der Waals surface area (Å²) in [6, 6.07) is 49.3. The summed E-state index contributed by atoms with van der Waals surface area (Å²) in [6.45, 7) is 7.00. The molecule has 0 saturated carbocycles. The van der Waals surface area contributed by atoms with Crippen molar-refractivity contribution in [1.29, 1.82) is 0 Å². The molecular formula is C47H36N3NiO2SSi. The molecule has 1 aliphatic heterocycles. The predicted molar refractivity (Wildman–Crippen MR) is 219 cm³/mol. The van der Waals surface area contributed by atoms with Crippen molar-refractivity contribution in [2.75, 3.05) is 5.75 Å². The number of nitrogens with zero attached hydrogens (tertiary/aromatic N) is 3. The monoisotopic (exact) mass is 792 g/mol. The molecule has 2 aliphatic rings. The Labute approximate surface area is 335 Å². The minimum atomic E-state index is -1.53. The van der Waals surface area contributed by atoms with Crippen molar-refractivity contribution in [2.45, 2.75) is 42.0 Å². The van der Waals surface area contributed by atoms with E-state index in [1.807, 2.05) is 25.0 Å². The number of para-hydroxylation sites is 1. The summed E-state index contributed by atoms with van der Waals surface area (Å²) in [5.41, 5.74) is 7.56. The Morgan fingerprint density at radius 3 is 2.20 bits per heavy atom. The van der Waals surface area contributed by atoms with Gasteiger partial charge in [0.05, 0.1) is 17.0 Å². The molecule has 55 heavy (non-hydrogen) atoms. The number of hydrogen-bond acceptors (Lipinski definition) is 4. The first kappa shape index (κ1) is 34.5. The zero-order valence-corrected chi connectivity index (χ0v) is 33.6. The molecule has 0 saturated heterocycles. The Bertz CT molecular complexity index is 2890. The summed E-state index contributed by atoms with van der Waals surface area (Å²) in [7, 11) is 0.518. The van der Waals surface area contributed by atoms with Crippen molar-refractivity contribution < 1.29 is 25.3 Å². The van der Waals surface area contributed by atoms with Crippen molar-refractivity contribution >= 4 is 64.0 Å². The van der Waals surface area contributed by atoms with Crippen LogP contribution in [0.15, 0.2) is 141 Å². The van der Waals surface area contributed by atoms with Crippen molar-refractivity contribution in [3.63, 3.8) is 0 Å². The molecule has 0 bridgehead atoms. The average Bonchev–Trinajstić information content (AvgIpc) is 4.02. The van der Waals surface area contributed by atoms with Gasteiger partial charge < -0.3 is 13.4 Å². The Balaban J connectivity index is 0.00000372. The zero-order chi connectivity index (χ0) is 36.3. The third-order valence-electron chi connectivity index (χ3n) is 11.9. The molecule has 5 nitrogen and oxygen atoms in total. The summed E-state index contributed by atoms with van der Waals surface area (Å²) < 4.78 is 18.1. The van der Waals surface area contributed by atoms with Gasteiger partial charge in [0.2, 0.25) is 0 Å². The first-order valence-electron chi connectivity index (χ1n) is 18.5. The van der Waals surface area contributed by atoms with Crippen LogP contribution in [0.25, 0.3) is 39.0 Å². The van der Waals surface area contributed by atoms with E-state index in [0.717, 1.165) is 44.5 Å². The maximum Gasteiger partial charge on any atom is 2.00 e. The number of aryl methyl sites for hydroxylation is 1. The van der Waals surface area contributed by atoms with Crippen LogP contribution in [0.1, 0.15) is 60.4 Å². The van der Waals surface area contributed by atoms with E-state index < -0.39 is 19.2 Å². The van der Waals surface area contributed by atoms with Gasteiger partial charge in [-0.1, -0.05) is 126 Å². The van der Waals surface area contributed by atoms with Crippen molar-refractivity contribution in [2.24, 2.45) is 7.05 Å². The number of fused-ring (bicyclic) bond motifs is 8. The van der Waals surface area contributed by atoms with Crippen LogP contribution in [-0.4, -0.2) is 28.7 Å². The van der Waals surface area contributed by atoms with E-state index in [1.165, 1.54) is 37.5 Å². The SMILES string of the molecule is Cn1c[c-]c(C2CSc3cc4c5ccccc5n(-c5[c-]c6c7c(oc6o5)C(C)(C)c5ccccc5C7(C)[Si](c5ccccc5)c5ccccc5)c4nc32)c1.[Ni+2]. The molecule has 5 aromatic heterocycles. The Morgan fingerprint density at radius 2 is 1.49 bits per heavy atom. The van der Waals surface area contributed by atoms with Crippen molar-refractivity contribution in [1.82, 2.24) is 14.1 Å². The molecule has 6 heterocycles. The standard InChI is InChI=1S/C47H36N3O2SSi.Ni/c1-46(2)36-20-12-13-21-37(36)47(3,54(30-15-7-5-8-16-30)31-17-9-6-10-18-31)41-34-26-40(51-45(34)52-43(41)46)50-38-22-14-11-19-32(38)33-25-39-42(48-44(33)50)35(28-53-39)29-23-24-49(4)27-29;/h5-22,24-25,27,35H,28H2,1-4H3;/q-2;+2. The summed E-state index contributed by atoms with van der Waals surface area (Å²) >= 11 is 1.88. The molecule has 4 aromatic carbocycles. The van der Waals surface area contributed by atoms with Gasteiger partial charge in [-0.25, -0.2) is 11.1 Å². The number of furan rings is 2. The molecule has 9 aromatic rings. The summed E-state index contributed by atoms with van der Waals surface area (Å²) in [5, 5.41) is 5.40. The molecular weight excluding hydrogens is 757 g/mol. The normalized spacial score (nSPS) is 18.5. The van der Waals surface area contributed by atoms with E-state index in [4.69, 9.17) is 13.8 Å². The number of thioether (sulfide) groups is 1. The molecule has 271 valence electrons.